The smallest absolute Gasteiger partial charge is 0.278 e. The fraction of sp³-hybridized carbons (Fsp3) is 0.286. The first kappa shape index (κ1) is 9.98. The van der Waals surface area contributed by atoms with Gasteiger partial charge in [0.25, 0.3) is 12.0 Å². The van der Waals surface area contributed by atoms with E-state index >= 15 is 0 Å². The molecule has 0 unspecified atom stereocenters. The second-order valence-electron chi connectivity index (χ2n) is 2.42. The molecule has 1 heterocycles. The molecule has 0 fully saturated rings. The Balaban J connectivity index is 3.29. The fourth-order valence-electron chi connectivity index (χ4n) is 0.884. The van der Waals surface area contributed by atoms with Gasteiger partial charge in [0, 0.05) is 5.69 Å². The number of hydrogen-bond acceptors (Lipinski definition) is 2. The second kappa shape index (κ2) is 3.74. The first-order valence-corrected chi connectivity index (χ1v) is 3.95. The lowest BCUT2D eigenvalue weighted by molar-refractivity contribution is 0.146. The van der Waals surface area contributed by atoms with Gasteiger partial charge in [-0.3, -0.25) is 4.79 Å². The summed E-state index contributed by atoms with van der Waals surface area (Å²) in [6.45, 7) is 0. The van der Waals surface area contributed by atoms with Gasteiger partial charge in [0.15, 0.2) is 0 Å². The van der Waals surface area contributed by atoms with Gasteiger partial charge in [-0.2, -0.15) is 0 Å². The van der Waals surface area contributed by atoms with Crippen LogP contribution >= 0.6 is 11.6 Å². The van der Waals surface area contributed by atoms with Crippen LogP contribution in [0.5, 0.6) is 0 Å². The predicted molar refractivity (Wildman–Crippen MR) is 46.0 cm³/mol. The summed E-state index contributed by atoms with van der Waals surface area (Å²) in [6.07, 6.45) is -2.74. The Morgan fingerprint density at radius 2 is 2.23 bits per heavy atom. The van der Waals surface area contributed by atoms with Gasteiger partial charge in [-0.25, -0.2) is 8.78 Å². The molecule has 3 nitrogen and oxygen atoms in total. The summed E-state index contributed by atoms with van der Waals surface area (Å²) in [7, 11) is 0. The third-order valence-corrected chi connectivity index (χ3v) is 1.83. The summed E-state index contributed by atoms with van der Waals surface area (Å²) >= 11 is 5.38. The van der Waals surface area contributed by atoms with Crippen molar-refractivity contribution in [1.82, 2.24) is 4.98 Å². The summed E-state index contributed by atoms with van der Waals surface area (Å²) in [5.74, 6) is -0.0926. The van der Waals surface area contributed by atoms with Crippen molar-refractivity contribution >= 4 is 17.3 Å². The Morgan fingerprint density at radius 3 is 2.62 bits per heavy atom. The van der Waals surface area contributed by atoms with Crippen molar-refractivity contribution < 1.29 is 8.78 Å². The largest absolute Gasteiger partial charge is 0.398 e. The molecule has 0 radical (unpaired) electrons. The van der Waals surface area contributed by atoms with Crippen LogP contribution in [-0.4, -0.2) is 4.98 Å². The van der Waals surface area contributed by atoms with Crippen LogP contribution in [0.15, 0.2) is 10.9 Å². The molecule has 0 saturated carbocycles. The maximum Gasteiger partial charge on any atom is 0.278 e. The highest BCUT2D eigenvalue weighted by atomic mass is 35.5. The Bertz CT molecular complexity index is 364. The molecule has 0 amide bonds. The van der Waals surface area contributed by atoms with Gasteiger partial charge in [0.1, 0.15) is 0 Å². The highest BCUT2D eigenvalue weighted by Gasteiger charge is 2.12. The van der Waals surface area contributed by atoms with Crippen molar-refractivity contribution in [3.63, 3.8) is 0 Å². The summed E-state index contributed by atoms with van der Waals surface area (Å²) in [6, 6.07) is 1.02. The highest BCUT2D eigenvalue weighted by Crippen LogP contribution is 2.18. The summed E-state index contributed by atoms with van der Waals surface area (Å²) in [4.78, 5) is 13.0. The number of nitrogens with one attached hydrogen (secondary N) is 1. The predicted octanol–water partition coefficient (Wildman–Crippen LogP) is 1.63. The van der Waals surface area contributed by atoms with Crippen LogP contribution in [0.2, 0.25) is 0 Å². The first-order chi connectivity index (χ1) is 6.06. The van der Waals surface area contributed by atoms with Crippen molar-refractivity contribution in [1.29, 1.82) is 0 Å². The van der Waals surface area contributed by atoms with E-state index in [1.807, 2.05) is 4.98 Å². The molecule has 0 saturated heterocycles. The molecule has 1 rings (SSSR count). The molecular formula is C7H7ClF2N2O. The Morgan fingerprint density at radius 1 is 1.62 bits per heavy atom. The van der Waals surface area contributed by atoms with E-state index in [-0.39, 0.29) is 17.1 Å². The van der Waals surface area contributed by atoms with E-state index < -0.39 is 17.7 Å². The van der Waals surface area contributed by atoms with Gasteiger partial charge in [-0.1, -0.05) is 0 Å². The first-order valence-electron chi connectivity index (χ1n) is 3.42. The number of nitrogens with two attached hydrogens (primary N) is 1. The highest BCUT2D eigenvalue weighted by molar-refractivity contribution is 6.17. The summed E-state index contributed by atoms with van der Waals surface area (Å²) in [5, 5.41) is 0. The van der Waals surface area contributed by atoms with E-state index in [1.54, 1.807) is 0 Å². The number of pyridine rings is 1. The SMILES string of the molecule is Nc1cc(C(F)F)[nH]c(=O)c1CCl. The lowest BCUT2D eigenvalue weighted by Crippen LogP contribution is -2.16. The van der Waals surface area contributed by atoms with E-state index in [1.165, 1.54) is 0 Å². The molecule has 0 aliphatic carbocycles. The van der Waals surface area contributed by atoms with E-state index in [4.69, 9.17) is 17.3 Å². The standard InChI is InChI=1S/C7H7ClF2N2O/c8-2-3-4(11)1-5(6(9)10)12-7(3)13/h1,6H,2H2,(H3,11,12,13). The number of anilines is 1. The molecule has 72 valence electrons. The van der Waals surface area contributed by atoms with E-state index in [2.05, 4.69) is 0 Å². The van der Waals surface area contributed by atoms with Crippen LogP contribution in [0.3, 0.4) is 0 Å². The number of nitrogen functional groups attached to an aromatic ring is 1. The lowest BCUT2D eigenvalue weighted by atomic mass is 10.2. The molecule has 3 N–H and O–H groups in total. The van der Waals surface area contributed by atoms with Gasteiger partial charge in [0.05, 0.1) is 17.1 Å². The quantitative estimate of drug-likeness (QED) is 0.726. The van der Waals surface area contributed by atoms with Crippen LogP contribution in [0.1, 0.15) is 17.7 Å². The molecule has 0 atom stereocenters. The topological polar surface area (TPSA) is 58.9 Å². The zero-order valence-electron chi connectivity index (χ0n) is 6.48. The molecule has 1 aromatic rings. The van der Waals surface area contributed by atoms with Gasteiger partial charge < -0.3 is 10.7 Å². The van der Waals surface area contributed by atoms with Gasteiger partial charge in [-0.15, -0.1) is 11.6 Å². The van der Waals surface area contributed by atoms with Crippen molar-refractivity contribution in [3.05, 3.63) is 27.7 Å². The van der Waals surface area contributed by atoms with Crippen LogP contribution < -0.4 is 11.3 Å². The van der Waals surface area contributed by atoms with E-state index in [0.717, 1.165) is 6.07 Å². The monoisotopic (exact) mass is 208 g/mol. The molecule has 0 bridgehead atoms. The molecular weight excluding hydrogens is 202 g/mol. The van der Waals surface area contributed by atoms with Gasteiger partial charge in [0.2, 0.25) is 0 Å². The third kappa shape index (κ3) is 1.98. The van der Waals surface area contributed by atoms with Gasteiger partial charge >= 0.3 is 0 Å². The minimum absolute atomic E-state index is 0.00551. The van der Waals surface area contributed by atoms with Crippen molar-refractivity contribution in [2.24, 2.45) is 0 Å². The Kier molecular flexibility index (Phi) is 2.87. The Labute approximate surface area is 77.5 Å². The number of aromatic nitrogens is 1. The number of alkyl halides is 3. The lowest BCUT2D eigenvalue weighted by Gasteiger charge is -2.04. The maximum absolute atomic E-state index is 12.1. The van der Waals surface area contributed by atoms with Crippen LogP contribution in [0, 0.1) is 0 Å². The van der Waals surface area contributed by atoms with Crippen LogP contribution in [0.4, 0.5) is 14.5 Å². The van der Waals surface area contributed by atoms with Crippen LogP contribution in [-0.2, 0) is 5.88 Å². The number of aromatic amines is 1. The number of rotatable bonds is 2. The molecule has 6 heteroatoms. The average Bonchev–Trinajstić information content (AvgIpc) is 2.03. The average molecular weight is 209 g/mol. The summed E-state index contributed by atoms with van der Waals surface area (Å²) in [5.41, 5.74) is 4.29. The molecule has 0 aromatic carbocycles. The fourth-order valence-corrected chi connectivity index (χ4v) is 1.16. The van der Waals surface area contributed by atoms with Gasteiger partial charge in [-0.05, 0) is 6.07 Å². The van der Waals surface area contributed by atoms with E-state index in [9.17, 15) is 13.6 Å². The molecule has 0 aliphatic heterocycles. The molecule has 13 heavy (non-hydrogen) atoms. The summed E-state index contributed by atoms with van der Waals surface area (Å²) < 4.78 is 24.2. The molecule has 1 aromatic heterocycles. The Hall–Kier alpha value is -1.10. The maximum atomic E-state index is 12.1. The minimum atomic E-state index is -2.74. The second-order valence-corrected chi connectivity index (χ2v) is 2.69. The minimum Gasteiger partial charge on any atom is -0.398 e. The zero-order chi connectivity index (χ0) is 10.0. The normalized spacial score (nSPS) is 10.8. The molecule has 0 spiro atoms. The van der Waals surface area contributed by atoms with Crippen molar-refractivity contribution in [2.45, 2.75) is 12.3 Å². The number of halogens is 3. The zero-order valence-corrected chi connectivity index (χ0v) is 7.24. The van der Waals surface area contributed by atoms with Crippen LogP contribution in [0.25, 0.3) is 0 Å². The number of hydrogen-bond donors (Lipinski definition) is 2. The van der Waals surface area contributed by atoms with E-state index in [0.29, 0.717) is 0 Å². The molecule has 0 aliphatic rings. The van der Waals surface area contributed by atoms with Crippen molar-refractivity contribution in [3.8, 4) is 0 Å². The third-order valence-electron chi connectivity index (χ3n) is 1.56. The number of H-pyrrole nitrogens is 1. The van der Waals surface area contributed by atoms with Crippen molar-refractivity contribution in [2.75, 3.05) is 5.73 Å².